The Labute approximate surface area is 329 Å². The number of benzene rings is 2. The number of hydrogen-bond donors (Lipinski definition) is 2. The summed E-state index contributed by atoms with van der Waals surface area (Å²) in [6.45, 7) is 10.9. The van der Waals surface area contributed by atoms with Crippen molar-refractivity contribution in [3.63, 3.8) is 0 Å². The average Bonchev–Trinajstić information content (AvgIpc) is 3.15. The van der Waals surface area contributed by atoms with Crippen molar-refractivity contribution in [3.05, 3.63) is 82.9 Å². The fourth-order valence-electron chi connectivity index (χ4n) is 9.94. The molecular weight excluding hydrogens is 741 g/mol. The molecule has 56 heavy (non-hydrogen) atoms. The van der Waals surface area contributed by atoms with E-state index >= 15 is 4.79 Å². The fraction of sp³-hybridized carbons (Fsp3) is 0.548. The molecule has 3 fully saturated rings. The topological polar surface area (TPSA) is 173 Å². The first-order valence-electron chi connectivity index (χ1n) is 18.9. The largest absolute Gasteiger partial charge is 0.456 e. The van der Waals surface area contributed by atoms with Gasteiger partial charge in [0, 0.05) is 40.6 Å². The molecule has 4 aliphatic rings. The molecule has 3 aliphatic carbocycles. The summed E-state index contributed by atoms with van der Waals surface area (Å²) in [4.78, 5) is 70.0. The lowest BCUT2D eigenvalue weighted by Gasteiger charge is -2.68. The summed E-state index contributed by atoms with van der Waals surface area (Å²) < 4.78 is 36.6. The molecule has 13 nitrogen and oxygen atoms in total. The summed E-state index contributed by atoms with van der Waals surface area (Å²) in [5.41, 5.74) is -5.21. The molecule has 2 N–H and O–H groups in total. The molecule has 0 spiro atoms. The number of likely N-dealkylation sites (N-methyl/N-ethyl adjacent to an activating group) is 1. The molecule has 1 heterocycles. The minimum absolute atomic E-state index is 0.149. The minimum Gasteiger partial charge on any atom is -0.456 e. The smallest absolute Gasteiger partial charge is 0.338 e. The number of carbonyl (C=O) groups excluding carboxylic acids is 5. The third-order valence-electron chi connectivity index (χ3n) is 13.1. The summed E-state index contributed by atoms with van der Waals surface area (Å²) in [6, 6.07) is 16.7. The van der Waals surface area contributed by atoms with Crippen LogP contribution < -0.4 is 5.32 Å². The summed E-state index contributed by atoms with van der Waals surface area (Å²) in [6.07, 6.45) is -6.32. The zero-order valence-corrected chi connectivity index (χ0v) is 34.2. The number of fused-ring (bicyclic) bond motifs is 5. The van der Waals surface area contributed by atoms with Gasteiger partial charge in [-0.25, -0.2) is 9.59 Å². The molecule has 302 valence electrons. The lowest BCUT2D eigenvalue weighted by molar-refractivity contribution is -0.340. The number of carbonyl (C=O) groups is 5. The molecule has 1 aliphatic heterocycles. The number of aliphatic hydroxyl groups is 1. The molecule has 6 rings (SSSR count). The van der Waals surface area contributed by atoms with Gasteiger partial charge in [-0.2, -0.15) is 0 Å². The second-order valence-corrected chi connectivity index (χ2v) is 16.6. The molecule has 0 amide bonds. The van der Waals surface area contributed by atoms with E-state index in [0.29, 0.717) is 5.57 Å². The van der Waals surface area contributed by atoms with E-state index in [1.54, 1.807) is 65.1 Å². The number of rotatable bonds is 10. The van der Waals surface area contributed by atoms with Crippen LogP contribution >= 0.6 is 9.47 Å². The van der Waals surface area contributed by atoms with Crippen LogP contribution in [-0.2, 0) is 47.4 Å². The highest BCUT2D eigenvalue weighted by atomic mass is 31.0. The van der Waals surface area contributed by atoms with Crippen LogP contribution in [0, 0.1) is 22.7 Å². The Morgan fingerprint density at radius 1 is 0.946 bits per heavy atom. The zero-order valence-electron chi connectivity index (χ0n) is 33.0. The van der Waals surface area contributed by atoms with Crippen LogP contribution in [0.1, 0.15) is 83.3 Å². The van der Waals surface area contributed by atoms with Crippen molar-refractivity contribution >= 4 is 39.1 Å². The first-order chi connectivity index (χ1) is 26.4. The lowest BCUT2D eigenvalue weighted by Crippen LogP contribution is -2.80. The normalized spacial score (nSPS) is 34.2. The Balaban J connectivity index is 1.58. The number of hydrogen-bond acceptors (Lipinski definition) is 13. The van der Waals surface area contributed by atoms with Crippen molar-refractivity contribution < 1.29 is 57.3 Å². The maximum absolute atomic E-state index is 15.6. The third-order valence-corrected chi connectivity index (χ3v) is 13.3. The summed E-state index contributed by atoms with van der Waals surface area (Å²) in [5.74, 6) is -5.28. The van der Waals surface area contributed by atoms with Crippen molar-refractivity contribution in [1.82, 2.24) is 5.32 Å². The molecule has 1 unspecified atom stereocenters. The van der Waals surface area contributed by atoms with Crippen molar-refractivity contribution in [2.75, 3.05) is 13.7 Å². The highest BCUT2D eigenvalue weighted by Gasteiger charge is 2.77. The van der Waals surface area contributed by atoms with Crippen LogP contribution in [0.15, 0.2) is 71.8 Å². The first kappa shape index (κ1) is 41.6. The Hall–Kier alpha value is -4.00. The Kier molecular flexibility index (Phi) is 11.4. The second-order valence-electron chi connectivity index (χ2n) is 16.3. The molecule has 2 aromatic rings. The lowest BCUT2D eigenvalue weighted by atomic mass is 9.43. The van der Waals surface area contributed by atoms with E-state index in [0.717, 1.165) is 5.56 Å². The molecule has 14 heteroatoms. The predicted molar refractivity (Wildman–Crippen MR) is 205 cm³/mol. The molecular formula is C42H52NO12P. The van der Waals surface area contributed by atoms with Gasteiger partial charge in [-0.15, -0.1) is 0 Å². The van der Waals surface area contributed by atoms with Gasteiger partial charge in [0.1, 0.15) is 23.9 Å². The number of nitrogens with one attached hydrogen (secondary N) is 1. The molecule has 2 saturated carbocycles. The van der Waals surface area contributed by atoms with Crippen molar-refractivity contribution in [1.29, 1.82) is 0 Å². The Bertz CT molecular complexity index is 1900. The van der Waals surface area contributed by atoms with Gasteiger partial charge >= 0.3 is 23.9 Å². The van der Waals surface area contributed by atoms with Gasteiger partial charge in [0.15, 0.2) is 23.6 Å². The van der Waals surface area contributed by atoms with Gasteiger partial charge in [0.05, 0.1) is 24.1 Å². The number of ketones is 1. The molecule has 0 radical (unpaired) electrons. The highest BCUT2D eigenvalue weighted by molar-refractivity contribution is 7.09. The number of esters is 4. The van der Waals surface area contributed by atoms with Crippen LogP contribution in [-0.4, -0.2) is 90.1 Å². The maximum Gasteiger partial charge on any atom is 0.338 e. The summed E-state index contributed by atoms with van der Waals surface area (Å²) in [7, 11) is 3.79. The molecule has 0 aromatic heterocycles. The number of Topliss-reactive ketones (excluding diaryl/α,β-unsaturated/α-hetero) is 1. The van der Waals surface area contributed by atoms with E-state index < -0.39 is 100 Å². The molecule has 2 aromatic carbocycles. The Morgan fingerprint density at radius 3 is 2.11 bits per heavy atom. The quantitative estimate of drug-likeness (QED) is 0.148. The summed E-state index contributed by atoms with van der Waals surface area (Å²) >= 11 is 0. The van der Waals surface area contributed by atoms with Gasteiger partial charge in [0.2, 0.25) is 0 Å². The fourth-order valence-corrected chi connectivity index (χ4v) is 10.2. The van der Waals surface area contributed by atoms with E-state index in [-0.39, 0.29) is 30.6 Å². The van der Waals surface area contributed by atoms with Crippen molar-refractivity contribution in [2.24, 2.45) is 22.7 Å². The van der Waals surface area contributed by atoms with Crippen molar-refractivity contribution in [2.45, 2.75) is 109 Å². The highest BCUT2D eigenvalue weighted by Crippen LogP contribution is 2.65. The van der Waals surface area contributed by atoms with Crippen LogP contribution in [0.5, 0.6) is 0 Å². The third kappa shape index (κ3) is 6.59. The van der Waals surface area contributed by atoms with E-state index in [2.05, 4.69) is 14.8 Å². The standard InChI is InChI=1S/C42H52NO12P/c1-22-19-29-41(21-50-29,54-25(4)45)34-36(53-37(47)27-17-13-10-14-18-27)42(49)20-28(52-38(48)33(55-56)31(43-8)26-15-11-9-12-16-26)23(2)30(39(42,5)6)32(51-24(3)44)35(46)40(22,34)7/h9-18,22,28-29,31-34,36,43,49H,19-21,56H2,1-8H3/t22-,28-,29+,31-,32+,33+,34-,36-,40+,41-,42+/m0/s1. The van der Waals surface area contributed by atoms with Crippen LogP contribution in [0.4, 0.5) is 0 Å². The van der Waals surface area contributed by atoms with Gasteiger partial charge < -0.3 is 38.6 Å². The van der Waals surface area contributed by atoms with Gasteiger partial charge in [-0.3, -0.25) is 14.4 Å². The minimum atomic E-state index is -2.16. The average molecular weight is 794 g/mol. The summed E-state index contributed by atoms with van der Waals surface area (Å²) in [5, 5.41) is 16.8. The first-order valence-corrected chi connectivity index (χ1v) is 19.4. The van der Waals surface area contributed by atoms with Gasteiger partial charge in [-0.05, 0) is 55.2 Å². The zero-order chi connectivity index (χ0) is 41.0. The predicted octanol–water partition coefficient (Wildman–Crippen LogP) is 4.61. The van der Waals surface area contributed by atoms with E-state index in [9.17, 15) is 24.3 Å². The number of ether oxygens (including phenoxy) is 5. The SMILES string of the molecule is CN[C@@H](c1ccccc1)[C@@H](OP)C(=O)O[C@H]1C[C@@]2(O)[C@@H](OC(=O)c3ccccc3)[C@@H]3[C@]4(OC(C)=O)CO[C@@H]4C[C@H](C)[C@@]3(C)C(=O)[C@H](OC(C)=O)C(=C1C)C2(C)C. The van der Waals surface area contributed by atoms with Crippen molar-refractivity contribution in [3.8, 4) is 0 Å². The maximum atomic E-state index is 15.6. The second kappa shape index (κ2) is 15.4. The van der Waals surface area contributed by atoms with Crippen LogP contribution in [0.3, 0.4) is 0 Å². The molecule has 1 saturated heterocycles. The van der Waals surface area contributed by atoms with E-state index in [4.69, 9.17) is 28.2 Å². The van der Waals surface area contributed by atoms with E-state index in [1.165, 1.54) is 13.8 Å². The van der Waals surface area contributed by atoms with Crippen LogP contribution in [0.25, 0.3) is 0 Å². The van der Waals surface area contributed by atoms with Gasteiger partial charge in [-0.1, -0.05) is 76.2 Å². The molecule has 12 atom stereocenters. The monoisotopic (exact) mass is 793 g/mol. The molecule has 2 bridgehead atoms. The Morgan fingerprint density at radius 2 is 1.57 bits per heavy atom. The van der Waals surface area contributed by atoms with Gasteiger partial charge in [0.25, 0.3) is 0 Å². The van der Waals surface area contributed by atoms with Crippen LogP contribution in [0.2, 0.25) is 0 Å². The van der Waals surface area contributed by atoms with E-state index in [1.807, 2.05) is 37.3 Å².